The molecule has 0 unspecified atom stereocenters. The van der Waals surface area contributed by atoms with E-state index in [0.29, 0.717) is 18.7 Å². The molecule has 1 aliphatic heterocycles. The number of rotatable bonds is 2. The van der Waals surface area contributed by atoms with Crippen LogP contribution in [0.5, 0.6) is 0 Å². The summed E-state index contributed by atoms with van der Waals surface area (Å²) < 4.78 is 13.0. The maximum atomic E-state index is 13.0. The minimum absolute atomic E-state index is 0.0225. The fourth-order valence-electron chi connectivity index (χ4n) is 1.84. The summed E-state index contributed by atoms with van der Waals surface area (Å²) in [5, 5.41) is 0. The van der Waals surface area contributed by atoms with Gasteiger partial charge >= 0.3 is 0 Å². The number of amides is 1. The molecule has 1 heterocycles. The van der Waals surface area contributed by atoms with Crippen molar-refractivity contribution < 1.29 is 9.18 Å². The van der Waals surface area contributed by atoms with Crippen LogP contribution in [0.1, 0.15) is 12.0 Å². The first-order chi connectivity index (χ1) is 7.22. The monoisotopic (exact) mass is 225 g/mol. The molecule has 80 valence electrons. The van der Waals surface area contributed by atoms with E-state index in [1.54, 1.807) is 11.0 Å². The largest absolute Gasteiger partial charge is 0.312 e. The number of anilines is 1. The highest BCUT2D eigenvalue weighted by Crippen LogP contribution is 2.29. The third kappa shape index (κ3) is 2.00. The minimum atomic E-state index is -0.292. The Hall–Kier alpha value is -1.03. The van der Waals surface area contributed by atoms with Crippen molar-refractivity contribution in [3.05, 3.63) is 29.6 Å². The van der Waals surface area contributed by atoms with Gasteiger partial charge in [-0.05, 0) is 29.9 Å². The lowest BCUT2D eigenvalue weighted by atomic mass is 10.2. The maximum absolute atomic E-state index is 13.0. The van der Waals surface area contributed by atoms with Gasteiger partial charge in [0.05, 0.1) is 0 Å². The lowest BCUT2D eigenvalue weighted by Gasteiger charge is -2.16. The smallest absolute Gasteiger partial charge is 0.227 e. The number of halogens is 1. The summed E-state index contributed by atoms with van der Waals surface area (Å²) in [5.74, 6) is 0.258. The Morgan fingerprint density at radius 2 is 2.33 bits per heavy atom. The van der Waals surface area contributed by atoms with Crippen molar-refractivity contribution in [3.63, 3.8) is 0 Å². The van der Waals surface area contributed by atoms with E-state index in [2.05, 4.69) is 12.6 Å². The second-order valence-corrected chi connectivity index (χ2v) is 3.99. The first-order valence-electron chi connectivity index (χ1n) is 4.92. The normalized spacial score (nSPS) is 14.1. The Labute approximate surface area is 93.5 Å². The molecule has 0 spiro atoms. The number of fused-ring (bicyclic) bond motifs is 1. The lowest BCUT2D eigenvalue weighted by Crippen LogP contribution is -2.28. The molecule has 0 bridgehead atoms. The summed E-state index contributed by atoms with van der Waals surface area (Å²) in [5.41, 5.74) is 1.77. The molecule has 0 saturated carbocycles. The molecule has 0 fully saturated rings. The Morgan fingerprint density at radius 1 is 1.53 bits per heavy atom. The summed E-state index contributed by atoms with van der Waals surface area (Å²) in [6, 6.07) is 4.61. The summed E-state index contributed by atoms with van der Waals surface area (Å²) in [4.78, 5) is 13.3. The predicted octanol–water partition coefficient (Wildman–Crippen LogP) is 2.03. The van der Waals surface area contributed by atoms with Gasteiger partial charge in [0.1, 0.15) is 5.82 Å². The molecule has 2 nitrogen and oxygen atoms in total. The molecule has 0 radical (unpaired) electrons. The van der Waals surface area contributed by atoms with Gasteiger partial charge in [0.25, 0.3) is 0 Å². The molecule has 0 aliphatic carbocycles. The van der Waals surface area contributed by atoms with Crippen LogP contribution in [0.2, 0.25) is 0 Å². The molecule has 1 aromatic carbocycles. The number of nitrogens with zero attached hydrogens (tertiary/aromatic N) is 1. The Morgan fingerprint density at radius 3 is 3.07 bits per heavy atom. The summed E-state index contributed by atoms with van der Waals surface area (Å²) in [6.45, 7) is 0.658. The highest BCUT2D eigenvalue weighted by atomic mass is 32.1. The quantitative estimate of drug-likeness (QED) is 0.764. The van der Waals surface area contributed by atoms with Crippen molar-refractivity contribution in [3.8, 4) is 0 Å². The van der Waals surface area contributed by atoms with Crippen LogP contribution in [0.3, 0.4) is 0 Å². The molecule has 1 aliphatic rings. The highest BCUT2D eigenvalue weighted by Gasteiger charge is 2.24. The molecule has 2 rings (SSSR count). The Balaban J connectivity index is 2.27. The van der Waals surface area contributed by atoms with E-state index in [4.69, 9.17) is 0 Å². The van der Waals surface area contributed by atoms with Gasteiger partial charge in [0.2, 0.25) is 5.91 Å². The molecule has 4 heteroatoms. The number of carbonyl (C=O) groups is 1. The van der Waals surface area contributed by atoms with Crippen LogP contribution in [0.4, 0.5) is 10.1 Å². The third-order valence-electron chi connectivity index (χ3n) is 2.57. The van der Waals surface area contributed by atoms with E-state index >= 15 is 0 Å². The van der Waals surface area contributed by atoms with Crippen molar-refractivity contribution in [2.24, 2.45) is 0 Å². The molecule has 0 aromatic heterocycles. The standard InChI is InChI=1S/C11H12FNOS/c12-9-2-1-8-3-5-13(10(8)7-9)11(14)4-6-15/h1-2,7,15H,3-6H2. The first kappa shape index (κ1) is 10.5. The molecule has 15 heavy (non-hydrogen) atoms. The van der Waals surface area contributed by atoms with Crippen molar-refractivity contribution >= 4 is 24.2 Å². The molecule has 0 saturated heterocycles. The molecule has 1 aromatic rings. The minimum Gasteiger partial charge on any atom is -0.312 e. The molecule has 0 N–H and O–H groups in total. The average molecular weight is 225 g/mol. The lowest BCUT2D eigenvalue weighted by molar-refractivity contribution is -0.118. The van der Waals surface area contributed by atoms with Gasteiger partial charge < -0.3 is 4.90 Å². The van der Waals surface area contributed by atoms with Crippen LogP contribution in [0.15, 0.2) is 18.2 Å². The second-order valence-electron chi connectivity index (χ2n) is 3.54. The van der Waals surface area contributed by atoms with Crippen LogP contribution in [-0.4, -0.2) is 18.2 Å². The fourth-order valence-corrected chi connectivity index (χ4v) is 2.03. The fraction of sp³-hybridized carbons (Fsp3) is 0.364. The van der Waals surface area contributed by atoms with Crippen LogP contribution >= 0.6 is 12.6 Å². The average Bonchev–Trinajstić information content (AvgIpc) is 2.60. The number of thiol groups is 1. The number of benzene rings is 1. The number of hydrogen-bond acceptors (Lipinski definition) is 2. The van der Waals surface area contributed by atoms with Gasteiger partial charge in [-0.25, -0.2) is 4.39 Å². The van der Waals surface area contributed by atoms with Gasteiger partial charge in [-0.2, -0.15) is 12.6 Å². The van der Waals surface area contributed by atoms with Crippen LogP contribution in [0.25, 0.3) is 0 Å². The first-order valence-corrected chi connectivity index (χ1v) is 5.55. The van der Waals surface area contributed by atoms with Crippen molar-refractivity contribution in [2.75, 3.05) is 17.2 Å². The van der Waals surface area contributed by atoms with E-state index in [-0.39, 0.29) is 11.7 Å². The summed E-state index contributed by atoms with van der Waals surface area (Å²) in [7, 11) is 0. The van der Waals surface area contributed by atoms with Gasteiger partial charge in [0, 0.05) is 18.7 Å². The van der Waals surface area contributed by atoms with Gasteiger partial charge in [-0.1, -0.05) is 6.07 Å². The molecular formula is C11H12FNOS. The van der Waals surface area contributed by atoms with Crippen molar-refractivity contribution in [2.45, 2.75) is 12.8 Å². The SMILES string of the molecule is O=C(CCS)N1CCc2ccc(F)cc21. The van der Waals surface area contributed by atoms with Crippen molar-refractivity contribution in [1.29, 1.82) is 0 Å². The zero-order valence-corrected chi connectivity index (χ0v) is 9.14. The molecular weight excluding hydrogens is 213 g/mol. The topological polar surface area (TPSA) is 20.3 Å². The van der Waals surface area contributed by atoms with E-state index < -0.39 is 0 Å². The maximum Gasteiger partial charge on any atom is 0.227 e. The van der Waals surface area contributed by atoms with E-state index in [0.717, 1.165) is 17.7 Å². The zero-order chi connectivity index (χ0) is 10.8. The highest BCUT2D eigenvalue weighted by molar-refractivity contribution is 7.80. The van der Waals surface area contributed by atoms with E-state index in [1.165, 1.54) is 12.1 Å². The van der Waals surface area contributed by atoms with E-state index in [9.17, 15) is 9.18 Å². The number of hydrogen-bond donors (Lipinski definition) is 1. The molecule has 0 atom stereocenters. The Bertz CT molecular complexity index is 394. The Kier molecular flexibility index (Phi) is 2.95. The van der Waals surface area contributed by atoms with Gasteiger partial charge in [-0.15, -0.1) is 0 Å². The van der Waals surface area contributed by atoms with Gasteiger partial charge in [-0.3, -0.25) is 4.79 Å². The van der Waals surface area contributed by atoms with Crippen LogP contribution < -0.4 is 4.90 Å². The number of carbonyl (C=O) groups excluding carboxylic acids is 1. The van der Waals surface area contributed by atoms with Gasteiger partial charge in [0.15, 0.2) is 0 Å². The van der Waals surface area contributed by atoms with Crippen LogP contribution in [0, 0.1) is 5.82 Å². The third-order valence-corrected chi connectivity index (χ3v) is 2.79. The summed E-state index contributed by atoms with van der Waals surface area (Å²) >= 11 is 4.02. The second kappa shape index (κ2) is 4.23. The zero-order valence-electron chi connectivity index (χ0n) is 8.24. The van der Waals surface area contributed by atoms with Crippen LogP contribution in [-0.2, 0) is 11.2 Å². The molecule has 1 amide bonds. The predicted molar refractivity (Wildman–Crippen MR) is 60.9 cm³/mol. The van der Waals surface area contributed by atoms with Crippen molar-refractivity contribution in [1.82, 2.24) is 0 Å². The summed E-state index contributed by atoms with van der Waals surface area (Å²) in [6.07, 6.45) is 1.22. The van der Waals surface area contributed by atoms with E-state index in [1.807, 2.05) is 0 Å².